The number of carbonyl (C=O) groups excluding carboxylic acids is 1. The molecule has 3 aromatic heterocycles. The molecule has 0 aliphatic carbocycles. The number of hydrogen-bond donors (Lipinski definition) is 1. The van der Waals surface area contributed by atoms with Gasteiger partial charge >= 0.3 is 0 Å². The molecule has 0 radical (unpaired) electrons. The van der Waals surface area contributed by atoms with Crippen LogP contribution in [-0.2, 0) is 4.79 Å². The van der Waals surface area contributed by atoms with Crippen molar-refractivity contribution in [1.82, 2.24) is 34.6 Å². The number of rotatable bonds is 8. The van der Waals surface area contributed by atoms with E-state index in [1.54, 1.807) is 29.3 Å². The number of ether oxygens (including phenoxy) is 2. The third-order valence-corrected chi connectivity index (χ3v) is 5.09. The smallest absolute Gasteiger partial charge is 0.260 e. The van der Waals surface area contributed by atoms with Crippen molar-refractivity contribution < 1.29 is 14.3 Å². The third kappa shape index (κ3) is 4.38. The Morgan fingerprint density at radius 3 is 2.64 bits per heavy atom. The van der Waals surface area contributed by atoms with E-state index in [2.05, 4.69) is 25.0 Å². The zero-order valence-electron chi connectivity index (χ0n) is 18.6. The Balaban J connectivity index is 1.74. The second kappa shape index (κ2) is 9.47. The van der Waals surface area contributed by atoms with Crippen LogP contribution < -0.4 is 15.2 Å². The summed E-state index contributed by atoms with van der Waals surface area (Å²) in [6.45, 7) is 4.93. The highest BCUT2D eigenvalue weighted by atomic mass is 16.5. The number of nitrogen functional groups attached to an aromatic ring is 1. The summed E-state index contributed by atoms with van der Waals surface area (Å²) in [6.07, 6.45) is 3.06. The fraction of sp³-hybridized carbons (Fsp3) is 0.273. The summed E-state index contributed by atoms with van der Waals surface area (Å²) >= 11 is 0. The zero-order valence-corrected chi connectivity index (χ0v) is 18.6. The summed E-state index contributed by atoms with van der Waals surface area (Å²) < 4.78 is 12.7. The van der Waals surface area contributed by atoms with E-state index in [0.717, 1.165) is 0 Å². The van der Waals surface area contributed by atoms with Crippen LogP contribution in [0.4, 0.5) is 5.95 Å². The molecule has 0 saturated heterocycles. The van der Waals surface area contributed by atoms with Crippen LogP contribution in [0.5, 0.6) is 11.5 Å². The van der Waals surface area contributed by atoms with Gasteiger partial charge < -0.3 is 20.1 Å². The van der Waals surface area contributed by atoms with Gasteiger partial charge in [0.05, 0.1) is 12.6 Å². The largest absolute Gasteiger partial charge is 0.493 e. The van der Waals surface area contributed by atoms with Gasteiger partial charge in [-0.15, -0.1) is 5.10 Å². The van der Waals surface area contributed by atoms with Gasteiger partial charge in [-0.05, 0) is 32.0 Å². The highest BCUT2D eigenvalue weighted by Gasteiger charge is 2.19. The number of aromatic nitrogens is 6. The van der Waals surface area contributed by atoms with Crippen LogP contribution in [-0.4, -0.2) is 67.3 Å². The number of carbonyl (C=O) groups is 1. The number of amides is 1. The number of nitrogens with zero attached hydrogens (tertiary/aromatic N) is 7. The molecule has 4 aromatic rings. The average Bonchev–Trinajstić information content (AvgIpc) is 3.24. The Hall–Kier alpha value is -4.28. The Morgan fingerprint density at radius 1 is 1.12 bits per heavy atom. The molecule has 4 rings (SSSR count). The number of benzene rings is 1. The monoisotopic (exact) mass is 448 g/mol. The van der Waals surface area contributed by atoms with Crippen LogP contribution in [0.25, 0.3) is 28.2 Å². The van der Waals surface area contributed by atoms with Crippen LogP contribution in [0.2, 0.25) is 0 Å². The summed E-state index contributed by atoms with van der Waals surface area (Å²) in [7, 11) is 1.52. The maximum atomic E-state index is 12.4. The molecule has 0 atom stereocenters. The highest BCUT2D eigenvalue weighted by molar-refractivity contribution is 5.89. The first-order valence-electron chi connectivity index (χ1n) is 10.4. The molecule has 33 heavy (non-hydrogen) atoms. The summed E-state index contributed by atoms with van der Waals surface area (Å²) in [5.41, 5.74) is 7.33. The van der Waals surface area contributed by atoms with Crippen molar-refractivity contribution in [1.29, 1.82) is 0 Å². The molecule has 0 aliphatic heterocycles. The van der Waals surface area contributed by atoms with Gasteiger partial charge in [0, 0.05) is 30.7 Å². The molecule has 1 amide bonds. The lowest BCUT2D eigenvalue weighted by Gasteiger charge is -2.19. The van der Waals surface area contributed by atoms with Gasteiger partial charge in [0.25, 0.3) is 5.91 Å². The van der Waals surface area contributed by atoms with Crippen molar-refractivity contribution in [2.45, 2.75) is 13.8 Å². The van der Waals surface area contributed by atoms with E-state index in [0.29, 0.717) is 52.8 Å². The lowest BCUT2D eigenvalue weighted by Crippen LogP contribution is -2.34. The molecule has 0 aliphatic rings. The third-order valence-electron chi connectivity index (χ3n) is 5.09. The van der Waals surface area contributed by atoms with E-state index in [9.17, 15) is 4.79 Å². The van der Waals surface area contributed by atoms with Gasteiger partial charge in [-0.2, -0.15) is 9.67 Å². The zero-order chi connectivity index (χ0) is 23.4. The minimum absolute atomic E-state index is 0.118. The molecule has 0 spiro atoms. The topological polar surface area (TPSA) is 134 Å². The molecule has 2 N–H and O–H groups in total. The molecule has 170 valence electrons. The molecule has 0 saturated carbocycles. The minimum Gasteiger partial charge on any atom is -0.493 e. The number of hydrogen-bond acceptors (Lipinski definition) is 9. The SMILES string of the molecule is CCN(CC)C(=O)COc1cc2c(-n3nc(-c4ccccn4)nc3N)ncnc2cc1OC. The van der Waals surface area contributed by atoms with Crippen molar-refractivity contribution in [2.24, 2.45) is 0 Å². The summed E-state index contributed by atoms with van der Waals surface area (Å²) in [6, 6.07) is 8.86. The van der Waals surface area contributed by atoms with E-state index >= 15 is 0 Å². The van der Waals surface area contributed by atoms with Crippen LogP contribution >= 0.6 is 0 Å². The van der Waals surface area contributed by atoms with Crippen molar-refractivity contribution in [3.05, 3.63) is 42.9 Å². The minimum atomic E-state index is -0.123. The summed E-state index contributed by atoms with van der Waals surface area (Å²) in [4.78, 5) is 31.4. The van der Waals surface area contributed by atoms with E-state index < -0.39 is 0 Å². The molecule has 11 nitrogen and oxygen atoms in total. The lowest BCUT2D eigenvalue weighted by atomic mass is 10.2. The number of nitrogens with two attached hydrogens (primary N) is 1. The first kappa shape index (κ1) is 21.9. The van der Waals surface area contributed by atoms with Gasteiger partial charge in [0.1, 0.15) is 12.0 Å². The number of fused-ring (bicyclic) bond motifs is 1. The average molecular weight is 448 g/mol. The van der Waals surface area contributed by atoms with Crippen molar-refractivity contribution in [3.63, 3.8) is 0 Å². The Bertz CT molecular complexity index is 1270. The number of methoxy groups -OCH3 is 1. The fourth-order valence-electron chi connectivity index (χ4n) is 3.38. The normalized spacial score (nSPS) is 10.9. The van der Waals surface area contributed by atoms with Gasteiger partial charge in [-0.3, -0.25) is 9.78 Å². The highest BCUT2D eigenvalue weighted by Crippen LogP contribution is 2.34. The van der Waals surface area contributed by atoms with Crippen molar-refractivity contribution in [2.75, 3.05) is 32.5 Å². The molecular weight excluding hydrogens is 424 g/mol. The first-order chi connectivity index (χ1) is 16.0. The molecule has 0 unspecified atom stereocenters. The fourth-order valence-corrected chi connectivity index (χ4v) is 3.38. The van der Waals surface area contributed by atoms with Gasteiger partial charge in [-0.1, -0.05) is 6.07 Å². The Morgan fingerprint density at radius 2 is 1.94 bits per heavy atom. The van der Waals surface area contributed by atoms with Crippen LogP contribution in [0, 0.1) is 0 Å². The number of pyridine rings is 1. The second-order valence-electron chi connectivity index (χ2n) is 6.99. The molecule has 3 heterocycles. The van der Waals surface area contributed by atoms with Crippen LogP contribution in [0.3, 0.4) is 0 Å². The lowest BCUT2D eigenvalue weighted by molar-refractivity contribution is -0.132. The number of likely N-dealkylation sites (N-methyl/N-ethyl adjacent to an activating group) is 1. The Labute approximate surface area is 190 Å². The predicted molar refractivity (Wildman–Crippen MR) is 122 cm³/mol. The maximum Gasteiger partial charge on any atom is 0.260 e. The quantitative estimate of drug-likeness (QED) is 0.430. The van der Waals surface area contributed by atoms with Gasteiger partial charge in [0.2, 0.25) is 11.8 Å². The summed E-state index contributed by atoms with van der Waals surface area (Å²) in [5.74, 6) is 1.63. The van der Waals surface area contributed by atoms with Crippen LogP contribution in [0.15, 0.2) is 42.9 Å². The van der Waals surface area contributed by atoms with Gasteiger partial charge in [0.15, 0.2) is 23.9 Å². The molecule has 1 aromatic carbocycles. The van der Waals surface area contributed by atoms with E-state index in [1.807, 2.05) is 26.0 Å². The predicted octanol–water partition coefficient (Wildman–Crippen LogP) is 2.11. The molecule has 0 bridgehead atoms. The maximum absolute atomic E-state index is 12.4. The molecule has 0 fully saturated rings. The van der Waals surface area contributed by atoms with Crippen molar-refractivity contribution >= 4 is 22.8 Å². The van der Waals surface area contributed by atoms with Gasteiger partial charge in [-0.25, -0.2) is 9.97 Å². The van der Waals surface area contributed by atoms with E-state index in [4.69, 9.17) is 15.2 Å². The second-order valence-corrected chi connectivity index (χ2v) is 6.99. The summed E-state index contributed by atoms with van der Waals surface area (Å²) in [5, 5.41) is 5.09. The van der Waals surface area contributed by atoms with E-state index in [1.165, 1.54) is 18.1 Å². The molecular formula is C22H24N8O3. The van der Waals surface area contributed by atoms with Crippen molar-refractivity contribution in [3.8, 4) is 28.8 Å². The standard InChI is InChI=1S/C22H24N8O3/c1-4-29(5-2)19(31)12-33-18-10-14-16(11-17(18)32-3)25-13-26-21(14)30-22(23)27-20(28-30)15-8-6-7-9-24-15/h6-11,13H,4-5,12H2,1-3H3,(H2,23,27,28). The first-order valence-corrected chi connectivity index (χ1v) is 10.4. The van der Waals surface area contributed by atoms with E-state index in [-0.39, 0.29) is 18.5 Å². The molecule has 11 heteroatoms. The Kier molecular flexibility index (Phi) is 6.29. The number of anilines is 1. The van der Waals surface area contributed by atoms with Crippen LogP contribution in [0.1, 0.15) is 13.8 Å².